The fourth-order valence-electron chi connectivity index (χ4n) is 2.02. The van der Waals surface area contributed by atoms with E-state index in [9.17, 15) is 14.7 Å². The number of rotatable bonds is 5. The quantitative estimate of drug-likeness (QED) is 0.597. The molecule has 6 nitrogen and oxygen atoms in total. The molecular weight excluding hydrogens is 262 g/mol. The number of nitrogens with one attached hydrogen (secondary N) is 1. The van der Waals surface area contributed by atoms with Crippen LogP contribution in [0.2, 0.25) is 0 Å². The lowest BCUT2D eigenvalue weighted by atomic mass is 10.2. The Bertz CT molecular complexity index is 331. The van der Waals surface area contributed by atoms with Gasteiger partial charge in [-0.05, 0) is 46.5 Å². The van der Waals surface area contributed by atoms with Gasteiger partial charge in [0.25, 0.3) is 0 Å². The third-order valence-electron chi connectivity index (χ3n) is 2.91. The molecule has 0 aliphatic heterocycles. The molecule has 1 saturated carbocycles. The van der Waals surface area contributed by atoms with Crippen LogP contribution in [0.5, 0.6) is 0 Å². The van der Waals surface area contributed by atoms with Gasteiger partial charge in [0.15, 0.2) is 0 Å². The number of carbonyl (C=O) groups excluding carboxylic acids is 2. The van der Waals surface area contributed by atoms with Crippen LogP contribution in [0.3, 0.4) is 0 Å². The van der Waals surface area contributed by atoms with Gasteiger partial charge in [-0.1, -0.05) is 0 Å². The maximum Gasteiger partial charge on any atom is 0.409 e. The number of alkyl carbamates (subject to hydrolysis) is 1. The lowest BCUT2D eigenvalue weighted by Gasteiger charge is -2.21. The summed E-state index contributed by atoms with van der Waals surface area (Å²) in [6, 6.07) is 0. The number of amides is 1. The Balaban J connectivity index is 2.16. The Morgan fingerprint density at radius 1 is 1.30 bits per heavy atom. The average Bonchev–Trinajstić information content (AvgIpc) is 2.76. The van der Waals surface area contributed by atoms with E-state index in [-0.39, 0.29) is 24.9 Å². The van der Waals surface area contributed by atoms with Crippen molar-refractivity contribution in [1.29, 1.82) is 0 Å². The van der Waals surface area contributed by atoms with Gasteiger partial charge < -0.3 is 14.6 Å². The monoisotopic (exact) mass is 287 g/mol. The van der Waals surface area contributed by atoms with Crippen LogP contribution >= 0.6 is 0 Å². The summed E-state index contributed by atoms with van der Waals surface area (Å²) in [6.45, 7) is 5.20. The molecule has 6 heteroatoms. The van der Waals surface area contributed by atoms with E-state index in [1.54, 1.807) is 20.8 Å². The van der Waals surface area contributed by atoms with Crippen LogP contribution in [0.4, 0.5) is 4.79 Å². The number of carbonyl (C=O) groups is 2. The Labute approximate surface area is 119 Å². The fourth-order valence-corrected chi connectivity index (χ4v) is 2.02. The molecule has 2 N–H and O–H groups in total. The first-order valence-corrected chi connectivity index (χ1v) is 7.13. The van der Waals surface area contributed by atoms with Crippen molar-refractivity contribution < 1.29 is 24.2 Å². The highest BCUT2D eigenvalue weighted by Gasteiger charge is 2.21. The predicted octanol–water partition coefficient (Wildman–Crippen LogP) is 2.10. The molecule has 0 aromatic heterocycles. The van der Waals surface area contributed by atoms with Crippen molar-refractivity contribution in [2.45, 2.75) is 77.2 Å². The minimum Gasteiger partial charge on any atom is -0.462 e. The number of hydrogen-bond acceptors (Lipinski definition) is 5. The highest BCUT2D eigenvalue weighted by Crippen LogP contribution is 2.21. The zero-order valence-corrected chi connectivity index (χ0v) is 12.5. The molecule has 0 heterocycles. The summed E-state index contributed by atoms with van der Waals surface area (Å²) in [6.07, 6.45) is 2.45. The lowest BCUT2D eigenvalue weighted by Crippen LogP contribution is -2.39. The van der Waals surface area contributed by atoms with E-state index in [2.05, 4.69) is 5.32 Å². The average molecular weight is 287 g/mol. The van der Waals surface area contributed by atoms with Gasteiger partial charge in [-0.25, -0.2) is 4.79 Å². The van der Waals surface area contributed by atoms with Crippen LogP contribution in [0.15, 0.2) is 0 Å². The molecule has 1 aliphatic rings. The number of hydrogen-bond donors (Lipinski definition) is 2. The van der Waals surface area contributed by atoms with E-state index in [1.165, 1.54) is 0 Å². The second kappa shape index (κ2) is 7.47. The van der Waals surface area contributed by atoms with E-state index >= 15 is 0 Å². The molecule has 20 heavy (non-hydrogen) atoms. The normalized spacial score (nSPS) is 17.6. The van der Waals surface area contributed by atoms with Crippen molar-refractivity contribution in [2.75, 3.05) is 0 Å². The van der Waals surface area contributed by atoms with Crippen molar-refractivity contribution >= 4 is 12.1 Å². The van der Waals surface area contributed by atoms with E-state index < -0.39 is 17.9 Å². The van der Waals surface area contributed by atoms with Crippen molar-refractivity contribution in [1.82, 2.24) is 5.32 Å². The summed E-state index contributed by atoms with van der Waals surface area (Å²) in [4.78, 5) is 22.9. The van der Waals surface area contributed by atoms with Gasteiger partial charge in [0.05, 0.1) is 0 Å². The van der Waals surface area contributed by atoms with E-state index in [4.69, 9.17) is 9.47 Å². The molecule has 1 aliphatic carbocycles. The maximum atomic E-state index is 11.5. The zero-order chi connectivity index (χ0) is 15.2. The van der Waals surface area contributed by atoms with Gasteiger partial charge in [0.2, 0.25) is 0 Å². The molecule has 0 bridgehead atoms. The smallest absolute Gasteiger partial charge is 0.409 e. The Morgan fingerprint density at radius 3 is 2.45 bits per heavy atom. The van der Waals surface area contributed by atoms with E-state index in [1.807, 2.05) is 0 Å². The molecule has 0 aromatic rings. The van der Waals surface area contributed by atoms with E-state index in [0.29, 0.717) is 0 Å². The van der Waals surface area contributed by atoms with Gasteiger partial charge >= 0.3 is 12.1 Å². The molecule has 1 unspecified atom stereocenters. The molecule has 1 rings (SSSR count). The Kier molecular flexibility index (Phi) is 6.26. The third-order valence-corrected chi connectivity index (χ3v) is 2.91. The molecule has 1 fully saturated rings. The fraction of sp³-hybridized carbons (Fsp3) is 0.857. The molecule has 0 aromatic carbocycles. The maximum absolute atomic E-state index is 11.5. The molecular formula is C14H25NO5. The van der Waals surface area contributed by atoms with Gasteiger partial charge in [0, 0.05) is 12.8 Å². The first kappa shape index (κ1) is 16.8. The summed E-state index contributed by atoms with van der Waals surface area (Å²) >= 11 is 0. The third kappa shape index (κ3) is 7.33. The summed E-state index contributed by atoms with van der Waals surface area (Å²) in [5.74, 6) is -0.332. The van der Waals surface area contributed by atoms with Crippen LogP contribution in [0.1, 0.15) is 59.3 Å². The predicted molar refractivity (Wildman–Crippen MR) is 73.0 cm³/mol. The van der Waals surface area contributed by atoms with Crippen LogP contribution in [0.25, 0.3) is 0 Å². The van der Waals surface area contributed by atoms with E-state index in [0.717, 1.165) is 25.7 Å². The standard InChI is InChI=1S/C14H25NO5/c1-14(2,3)20-13(18)15-11(16)8-9-12(17)19-10-6-4-5-7-10/h10-11,16H,4-9H2,1-3H3,(H,15,18). The topological polar surface area (TPSA) is 84.9 Å². The highest BCUT2D eigenvalue weighted by atomic mass is 16.6. The number of aliphatic hydroxyl groups is 1. The highest BCUT2D eigenvalue weighted by molar-refractivity contribution is 5.70. The van der Waals surface area contributed by atoms with Crippen LogP contribution in [-0.4, -0.2) is 35.1 Å². The summed E-state index contributed by atoms with van der Waals surface area (Å²) in [5, 5.41) is 11.9. The minimum absolute atomic E-state index is 0.0263. The lowest BCUT2D eigenvalue weighted by molar-refractivity contribution is -0.149. The van der Waals surface area contributed by atoms with Crippen molar-refractivity contribution in [3.63, 3.8) is 0 Å². The van der Waals surface area contributed by atoms with Crippen LogP contribution in [0, 0.1) is 0 Å². The largest absolute Gasteiger partial charge is 0.462 e. The van der Waals surface area contributed by atoms with Crippen molar-refractivity contribution in [3.05, 3.63) is 0 Å². The summed E-state index contributed by atoms with van der Waals surface area (Å²) in [7, 11) is 0. The number of aliphatic hydroxyl groups excluding tert-OH is 1. The molecule has 1 atom stereocenters. The SMILES string of the molecule is CC(C)(C)OC(=O)NC(O)CCC(=O)OC1CCCC1. The Hall–Kier alpha value is -1.30. The van der Waals surface area contributed by atoms with Gasteiger partial charge in [-0.2, -0.15) is 0 Å². The van der Waals surface area contributed by atoms with Crippen LogP contribution in [-0.2, 0) is 14.3 Å². The first-order valence-electron chi connectivity index (χ1n) is 7.13. The summed E-state index contributed by atoms with van der Waals surface area (Å²) < 4.78 is 10.2. The minimum atomic E-state index is -1.11. The van der Waals surface area contributed by atoms with Gasteiger partial charge in [-0.3, -0.25) is 10.1 Å². The first-order chi connectivity index (χ1) is 9.26. The second-order valence-electron chi connectivity index (χ2n) is 6.10. The van der Waals surface area contributed by atoms with Crippen molar-refractivity contribution in [3.8, 4) is 0 Å². The molecule has 1 amide bonds. The molecule has 116 valence electrons. The summed E-state index contributed by atoms with van der Waals surface area (Å²) in [5.41, 5.74) is -0.620. The molecule has 0 spiro atoms. The second-order valence-corrected chi connectivity index (χ2v) is 6.10. The number of esters is 1. The molecule has 0 radical (unpaired) electrons. The molecule has 0 saturated heterocycles. The van der Waals surface area contributed by atoms with Gasteiger partial charge in [-0.15, -0.1) is 0 Å². The van der Waals surface area contributed by atoms with Gasteiger partial charge in [0.1, 0.15) is 17.9 Å². The number of ether oxygens (including phenoxy) is 2. The Morgan fingerprint density at radius 2 is 1.90 bits per heavy atom. The zero-order valence-electron chi connectivity index (χ0n) is 12.5. The van der Waals surface area contributed by atoms with Crippen LogP contribution < -0.4 is 5.32 Å². The van der Waals surface area contributed by atoms with Crippen molar-refractivity contribution in [2.24, 2.45) is 0 Å².